The van der Waals surface area contributed by atoms with Crippen LogP contribution in [0.5, 0.6) is 0 Å². The monoisotopic (exact) mass is 273 g/mol. The zero-order valence-corrected chi connectivity index (χ0v) is 12.8. The molecule has 1 heterocycles. The average Bonchev–Trinajstić information content (AvgIpc) is 2.81. The highest BCUT2D eigenvalue weighted by Gasteiger charge is 2.57. The molecule has 110 valence electrons. The molecule has 3 unspecified atom stereocenters. The van der Waals surface area contributed by atoms with Gasteiger partial charge in [-0.15, -0.1) is 0 Å². The summed E-state index contributed by atoms with van der Waals surface area (Å²) < 4.78 is 0. The zero-order valence-electron chi connectivity index (χ0n) is 12.8. The van der Waals surface area contributed by atoms with Crippen LogP contribution in [0.2, 0.25) is 0 Å². The quantitative estimate of drug-likeness (QED) is 0.717. The van der Waals surface area contributed by atoms with Crippen LogP contribution in [0.3, 0.4) is 0 Å². The minimum Gasteiger partial charge on any atom is -0.349 e. The molecule has 0 saturated heterocycles. The average molecular weight is 273 g/mol. The molecule has 0 aromatic carbocycles. The van der Waals surface area contributed by atoms with Crippen LogP contribution >= 0.6 is 0 Å². The van der Waals surface area contributed by atoms with Crippen molar-refractivity contribution in [2.24, 2.45) is 28.6 Å². The zero-order chi connectivity index (χ0) is 14.0. The van der Waals surface area contributed by atoms with Crippen LogP contribution in [0.25, 0.3) is 0 Å². The van der Waals surface area contributed by atoms with Gasteiger partial charge < -0.3 is 5.32 Å². The number of carbonyl (C=O) groups excluding carboxylic acids is 1. The van der Waals surface area contributed by atoms with Crippen molar-refractivity contribution in [1.82, 2.24) is 5.32 Å². The predicted molar refractivity (Wildman–Crippen MR) is 80.1 cm³/mol. The number of hydrogen-bond acceptors (Lipinski definition) is 1. The maximum absolute atomic E-state index is 11.7. The maximum Gasteiger partial charge on any atom is 0.243 e. The molecule has 1 aliphatic heterocycles. The normalized spacial score (nSPS) is 53.8. The summed E-state index contributed by atoms with van der Waals surface area (Å²) in [5.41, 5.74) is 0.840. The van der Waals surface area contributed by atoms with Crippen LogP contribution in [0.4, 0.5) is 0 Å². The standard InChI is InChI=1S/C18H27NO/c1-17-9-3-4-13(17)12-5-6-15-18(2,14(12)7-10-17)11-8-16(20)19-15/h8,11-15H,3-7,9-10H2,1-2H3,(H,19,20)/t12?,13?,14?,15-,17+,18-/m1/s1. The van der Waals surface area contributed by atoms with E-state index in [4.69, 9.17) is 0 Å². The first kappa shape index (κ1) is 12.9. The number of amides is 1. The van der Waals surface area contributed by atoms with Crippen molar-refractivity contribution in [3.05, 3.63) is 12.2 Å². The van der Waals surface area contributed by atoms with E-state index in [0.717, 1.165) is 17.8 Å². The summed E-state index contributed by atoms with van der Waals surface area (Å²) in [5, 5.41) is 3.24. The van der Waals surface area contributed by atoms with Gasteiger partial charge in [-0.05, 0) is 67.8 Å². The van der Waals surface area contributed by atoms with Gasteiger partial charge in [-0.25, -0.2) is 0 Å². The molecule has 0 radical (unpaired) electrons. The second kappa shape index (κ2) is 4.11. The molecule has 3 aliphatic carbocycles. The van der Waals surface area contributed by atoms with Gasteiger partial charge in [-0.1, -0.05) is 26.3 Å². The van der Waals surface area contributed by atoms with E-state index in [9.17, 15) is 4.79 Å². The number of nitrogens with one attached hydrogen (secondary N) is 1. The van der Waals surface area contributed by atoms with E-state index in [0.29, 0.717) is 11.5 Å². The molecule has 0 aromatic heterocycles. The molecule has 3 saturated carbocycles. The Morgan fingerprint density at radius 1 is 1.10 bits per heavy atom. The van der Waals surface area contributed by atoms with Gasteiger partial charge in [-0.3, -0.25) is 4.79 Å². The lowest BCUT2D eigenvalue weighted by Crippen LogP contribution is -2.58. The van der Waals surface area contributed by atoms with Crippen LogP contribution in [0, 0.1) is 28.6 Å². The molecule has 2 nitrogen and oxygen atoms in total. The fraction of sp³-hybridized carbons (Fsp3) is 0.833. The van der Waals surface area contributed by atoms with Gasteiger partial charge in [0.25, 0.3) is 0 Å². The second-order valence-electron chi connectivity index (χ2n) is 8.30. The number of hydrogen-bond donors (Lipinski definition) is 1. The number of carbonyl (C=O) groups is 1. The maximum atomic E-state index is 11.7. The largest absolute Gasteiger partial charge is 0.349 e. The van der Waals surface area contributed by atoms with Crippen LogP contribution in [0.1, 0.15) is 58.8 Å². The van der Waals surface area contributed by atoms with E-state index in [1.54, 1.807) is 6.08 Å². The molecule has 20 heavy (non-hydrogen) atoms. The molecule has 4 rings (SSSR count). The molecule has 4 aliphatic rings. The molecular weight excluding hydrogens is 246 g/mol. The first-order valence-corrected chi connectivity index (χ1v) is 8.53. The smallest absolute Gasteiger partial charge is 0.243 e. The summed E-state index contributed by atoms with van der Waals surface area (Å²) in [6.07, 6.45) is 13.7. The van der Waals surface area contributed by atoms with Crippen molar-refractivity contribution in [2.45, 2.75) is 64.8 Å². The third-order valence-electron chi connectivity index (χ3n) is 7.47. The van der Waals surface area contributed by atoms with Gasteiger partial charge >= 0.3 is 0 Å². The van der Waals surface area contributed by atoms with Crippen LogP contribution in [-0.2, 0) is 4.79 Å². The van der Waals surface area contributed by atoms with Crippen molar-refractivity contribution >= 4 is 5.91 Å². The Kier molecular flexibility index (Phi) is 2.66. The summed E-state index contributed by atoms with van der Waals surface area (Å²) in [6.45, 7) is 4.95. The van der Waals surface area contributed by atoms with Gasteiger partial charge in [0.1, 0.15) is 0 Å². The molecular formula is C18H27NO. The third-order valence-corrected chi connectivity index (χ3v) is 7.47. The molecule has 0 aromatic rings. The Morgan fingerprint density at radius 3 is 2.80 bits per heavy atom. The van der Waals surface area contributed by atoms with Crippen molar-refractivity contribution in [1.29, 1.82) is 0 Å². The Balaban J connectivity index is 1.68. The Morgan fingerprint density at radius 2 is 1.95 bits per heavy atom. The lowest BCUT2D eigenvalue weighted by molar-refractivity contribution is -0.122. The predicted octanol–water partition coefficient (Wildman–Crippen LogP) is 3.67. The highest BCUT2D eigenvalue weighted by atomic mass is 16.1. The lowest BCUT2D eigenvalue weighted by Gasteiger charge is -2.58. The van der Waals surface area contributed by atoms with Crippen LogP contribution in [-0.4, -0.2) is 11.9 Å². The highest BCUT2D eigenvalue weighted by molar-refractivity contribution is 5.89. The molecule has 1 amide bonds. The SMILES string of the molecule is C[C@@]12CCCC1C1CC[C@H]3NC(=O)C=C[C@]3(C)C1CC2. The molecule has 3 fully saturated rings. The van der Waals surface area contributed by atoms with Crippen molar-refractivity contribution < 1.29 is 4.79 Å². The second-order valence-corrected chi connectivity index (χ2v) is 8.30. The summed E-state index contributed by atoms with van der Waals surface area (Å²) in [7, 11) is 0. The Labute approximate surface area is 122 Å². The van der Waals surface area contributed by atoms with Crippen molar-refractivity contribution in [2.75, 3.05) is 0 Å². The third kappa shape index (κ3) is 1.60. The van der Waals surface area contributed by atoms with Crippen LogP contribution < -0.4 is 5.32 Å². The van der Waals surface area contributed by atoms with E-state index >= 15 is 0 Å². The first-order valence-electron chi connectivity index (χ1n) is 8.53. The first-order chi connectivity index (χ1) is 9.53. The minimum atomic E-state index is 0.118. The van der Waals surface area contributed by atoms with Gasteiger partial charge in [0.05, 0.1) is 0 Å². The molecule has 2 heteroatoms. The van der Waals surface area contributed by atoms with Crippen molar-refractivity contribution in [3.8, 4) is 0 Å². The summed E-state index contributed by atoms with van der Waals surface area (Å²) in [5.74, 6) is 2.75. The summed E-state index contributed by atoms with van der Waals surface area (Å²) in [4.78, 5) is 11.7. The van der Waals surface area contributed by atoms with Gasteiger partial charge in [-0.2, -0.15) is 0 Å². The number of rotatable bonds is 0. The van der Waals surface area contributed by atoms with E-state index < -0.39 is 0 Å². The molecule has 0 spiro atoms. The summed E-state index contributed by atoms with van der Waals surface area (Å²) >= 11 is 0. The van der Waals surface area contributed by atoms with Crippen molar-refractivity contribution in [3.63, 3.8) is 0 Å². The number of fused-ring (bicyclic) bond motifs is 5. The Bertz CT molecular complexity index is 470. The van der Waals surface area contributed by atoms with E-state index in [-0.39, 0.29) is 11.3 Å². The highest BCUT2D eigenvalue weighted by Crippen LogP contribution is 2.63. The van der Waals surface area contributed by atoms with Gasteiger partial charge in [0.2, 0.25) is 5.91 Å². The van der Waals surface area contributed by atoms with Gasteiger partial charge in [0.15, 0.2) is 0 Å². The van der Waals surface area contributed by atoms with E-state index in [1.165, 1.54) is 44.9 Å². The fourth-order valence-corrected chi connectivity index (χ4v) is 6.33. The van der Waals surface area contributed by atoms with E-state index in [2.05, 4.69) is 25.2 Å². The van der Waals surface area contributed by atoms with E-state index in [1.807, 2.05) is 0 Å². The van der Waals surface area contributed by atoms with Gasteiger partial charge in [0, 0.05) is 11.5 Å². The fourth-order valence-electron chi connectivity index (χ4n) is 6.33. The Hall–Kier alpha value is -0.790. The molecule has 1 N–H and O–H groups in total. The minimum absolute atomic E-state index is 0.118. The lowest BCUT2D eigenvalue weighted by atomic mass is 9.49. The topological polar surface area (TPSA) is 29.1 Å². The van der Waals surface area contributed by atoms with Crippen LogP contribution in [0.15, 0.2) is 12.2 Å². The molecule has 6 atom stereocenters. The molecule has 0 bridgehead atoms. The summed E-state index contributed by atoms with van der Waals surface area (Å²) in [6, 6.07) is 0.381.